The summed E-state index contributed by atoms with van der Waals surface area (Å²) in [5.41, 5.74) is 1.25. The van der Waals surface area contributed by atoms with Gasteiger partial charge in [0, 0.05) is 17.2 Å². The number of aromatic nitrogens is 2. The van der Waals surface area contributed by atoms with Gasteiger partial charge >= 0.3 is 0 Å². The van der Waals surface area contributed by atoms with Crippen molar-refractivity contribution >= 4 is 49.4 Å². The maximum Gasteiger partial charge on any atom is 0.254 e. The van der Waals surface area contributed by atoms with Crippen molar-refractivity contribution in [2.45, 2.75) is 0 Å². The van der Waals surface area contributed by atoms with Crippen molar-refractivity contribution in [2.75, 3.05) is 12.4 Å². The molecule has 0 aliphatic carbocycles. The number of rotatable bonds is 5. The Morgan fingerprint density at radius 1 is 1.12 bits per heavy atom. The van der Waals surface area contributed by atoms with E-state index in [1.165, 1.54) is 0 Å². The molecule has 0 atom stereocenters. The van der Waals surface area contributed by atoms with Gasteiger partial charge in [-0.05, 0) is 46.3 Å². The van der Waals surface area contributed by atoms with Crippen LogP contribution in [0.1, 0.15) is 10.4 Å². The van der Waals surface area contributed by atoms with Crippen LogP contribution in [-0.4, -0.2) is 22.9 Å². The van der Waals surface area contributed by atoms with Crippen LogP contribution in [0.25, 0.3) is 0 Å². The Kier molecular flexibility index (Phi) is 5.85. The molecular weight excluding hydrogens is 464 g/mol. The number of nitrogens with zero attached hydrogens (tertiary/aromatic N) is 2. The monoisotopic (exact) mass is 476 g/mol. The zero-order valence-corrected chi connectivity index (χ0v) is 16.8. The first-order valence-electron chi connectivity index (χ1n) is 7.61. The van der Waals surface area contributed by atoms with Crippen molar-refractivity contribution < 1.29 is 9.53 Å². The molecule has 1 aromatic heterocycles. The molecular formula is C18H14Br2N4O2. The van der Waals surface area contributed by atoms with Gasteiger partial charge in [-0.25, -0.2) is 4.98 Å². The maximum atomic E-state index is 12.0. The molecule has 26 heavy (non-hydrogen) atoms. The molecule has 0 radical (unpaired) electrons. The van der Waals surface area contributed by atoms with E-state index in [0.717, 1.165) is 10.2 Å². The third-order valence-electron chi connectivity index (χ3n) is 3.36. The number of ether oxygens (including phenoxy) is 1. The number of anilines is 2. The van der Waals surface area contributed by atoms with E-state index in [-0.39, 0.29) is 5.91 Å². The highest BCUT2D eigenvalue weighted by atomic mass is 79.9. The Balaban J connectivity index is 1.88. The minimum Gasteiger partial charge on any atom is -0.437 e. The van der Waals surface area contributed by atoms with Crippen LogP contribution in [-0.2, 0) is 0 Å². The molecule has 0 fully saturated rings. The zero-order valence-electron chi connectivity index (χ0n) is 13.7. The number of carbonyl (C=O) groups excluding carboxylic acids is 1. The van der Waals surface area contributed by atoms with E-state index in [1.54, 1.807) is 37.5 Å². The number of amides is 1. The van der Waals surface area contributed by atoms with Crippen LogP contribution in [0.3, 0.4) is 0 Å². The maximum absolute atomic E-state index is 12.0. The minimum absolute atomic E-state index is 0.238. The summed E-state index contributed by atoms with van der Waals surface area (Å²) in [6.07, 6.45) is 1.59. The lowest BCUT2D eigenvalue weighted by atomic mass is 10.2. The molecule has 2 aromatic carbocycles. The quantitative estimate of drug-likeness (QED) is 0.546. The second-order valence-corrected chi connectivity index (χ2v) is 6.93. The highest BCUT2D eigenvalue weighted by Crippen LogP contribution is 2.30. The lowest BCUT2D eigenvalue weighted by molar-refractivity contribution is 0.0960. The molecule has 0 aliphatic rings. The zero-order chi connectivity index (χ0) is 18.5. The van der Waals surface area contributed by atoms with E-state index in [1.807, 2.05) is 24.3 Å². The number of hydrogen-bond donors (Lipinski definition) is 2. The number of nitrogens with one attached hydrogen (secondary N) is 2. The summed E-state index contributed by atoms with van der Waals surface area (Å²) in [5, 5.41) is 5.71. The Morgan fingerprint density at radius 2 is 1.92 bits per heavy atom. The average Bonchev–Trinajstić information content (AvgIpc) is 2.64. The summed E-state index contributed by atoms with van der Waals surface area (Å²) in [4.78, 5) is 20.6. The Hall–Kier alpha value is -2.45. The predicted molar refractivity (Wildman–Crippen MR) is 107 cm³/mol. The second-order valence-electron chi connectivity index (χ2n) is 5.16. The minimum atomic E-state index is -0.238. The summed E-state index contributed by atoms with van der Waals surface area (Å²) >= 11 is 6.80. The topological polar surface area (TPSA) is 76.1 Å². The molecule has 1 amide bonds. The third kappa shape index (κ3) is 4.39. The summed E-state index contributed by atoms with van der Waals surface area (Å²) in [7, 11) is 1.57. The number of halogens is 2. The van der Waals surface area contributed by atoms with Crippen molar-refractivity contribution in [3.63, 3.8) is 0 Å². The molecule has 1 heterocycles. The number of benzene rings is 2. The van der Waals surface area contributed by atoms with Gasteiger partial charge in [-0.2, -0.15) is 4.98 Å². The van der Waals surface area contributed by atoms with Gasteiger partial charge in [-0.1, -0.05) is 34.1 Å². The normalized spacial score (nSPS) is 10.3. The van der Waals surface area contributed by atoms with Gasteiger partial charge in [-0.15, -0.1) is 0 Å². The van der Waals surface area contributed by atoms with Gasteiger partial charge in [0.2, 0.25) is 11.8 Å². The number of carbonyl (C=O) groups is 1. The lowest BCUT2D eigenvalue weighted by Gasteiger charge is -2.12. The standard InChI is InChI=1S/C18H14Br2N4O2/c1-21-16(25)13-7-2-3-8-15(13)26-17-14(20)10-22-18(24-17)23-12-6-4-5-11(19)9-12/h2-10H,1H3,(H,21,25)(H,22,23,24). The van der Waals surface area contributed by atoms with E-state index in [0.29, 0.717) is 27.6 Å². The molecule has 0 saturated carbocycles. The fourth-order valence-electron chi connectivity index (χ4n) is 2.16. The van der Waals surface area contributed by atoms with Crippen LogP contribution in [0.15, 0.2) is 63.7 Å². The van der Waals surface area contributed by atoms with E-state index in [2.05, 4.69) is 52.5 Å². The van der Waals surface area contributed by atoms with Gasteiger partial charge < -0.3 is 15.4 Å². The molecule has 3 aromatic rings. The van der Waals surface area contributed by atoms with Crippen LogP contribution in [0.2, 0.25) is 0 Å². The van der Waals surface area contributed by atoms with Crippen LogP contribution in [0, 0.1) is 0 Å². The van der Waals surface area contributed by atoms with Gasteiger partial charge in [0.15, 0.2) is 0 Å². The fourth-order valence-corrected chi connectivity index (χ4v) is 2.83. The Morgan fingerprint density at radius 3 is 2.69 bits per heavy atom. The van der Waals surface area contributed by atoms with Crippen molar-refractivity contribution in [1.29, 1.82) is 0 Å². The second kappa shape index (κ2) is 8.29. The van der Waals surface area contributed by atoms with E-state index < -0.39 is 0 Å². The Bertz CT molecular complexity index is 950. The van der Waals surface area contributed by atoms with Crippen LogP contribution in [0.4, 0.5) is 11.6 Å². The average molecular weight is 478 g/mol. The van der Waals surface area contributed by atoms with Gasteiger partial charge in [-0.3, -0.25) is 4.79 Å². The molecule has 3 rings (SSSR count). The molecule has 0 bridgehead atoms. The third-order valence-corrected chi connectivity index (χ3v) is 4.40. The van der Waals surface area contributed by atoms with Gasteiger partial charge in [0.05, 0.1) is 16.2 Å². The first-order valence-corrected chi connectivity index (χ1v) is 9.19. The SMILES string of the molecule is CNC(=O)c1ccccc1Oc1nc(Nc2cccc(Br)c2)ncc1Br. The smallest absolute Gasteiger partial charge is 0.254 e. The largest absolute Gasteiger partial charge is 0.437 e. The van der Waals surface area contributed by atoms with Gasteiger partial charge in [0.1, 0.15) is 5.75 Å². The first-order chi connectivity index (χ1) is 12.6. The molecule has 2 N–H and O–H groups in total. The highest BCUT2D eigenvalue weighted by molar-refractivity contribution is 9.10. The molecule has 0 aliphatic heterocycles. The molecule has 0 unspecified atom stereocenters. The predicted octanol–water partition coefficient (Wildman–Crippen LogP) is 4.90. The molecule has 6 nitrogen and oxygen atoms in total. The van der Waals surface area contributed by atoms with Crippen molar-refractivity contribution in [3.05, 3.63) is 69.2 Å². The summed E-state index contributed by atoms with van der Waals surface area (Å²) in [6, 6.07) is 14.6. The fraction of sp³-hybridized carbons (Fsp3) is 0.0556. The molecule has 132 valence electrons. The highest BCUT2D eigenvalue weighted by Gasteiger charge is 2.14. The van der Waals surface area contributed by atoms with E-state index >= 15 is 0 Å². The lowest BCUT2D eigenvalue weighted by Crippen LogP contribution is -2.18. The van der Waals surface area contributed by atoms with Gasteiger partial charge in [0.25, 0.3) is 5.91 Å². The van der Waals surface area contributed by atoms with Crippen molar-refractivity contribution in [1.82, 2.24) is 15.3 Å². The summed E-state index contributed by atoms with van der Waals surface area (Å²) in [6.45, 7) is 0. The first kappa shape index (κ1) is 18.3. The van der Waals surface area contributed by atoms with E-state index in [9.17, 15) is 4.79 Å². The number of para-hydroxylation sites is 1. The molecule has 0 spiro atoms. The van der Waals surface area contributed by atoms with Crippen LogP contribution >= 0.6 is 31.9 Å². The molecule has 0 saturated heterocycles. The van der Waals surface area contributed by atoms with Crippen molar-refractivity contribution in [3.8, 4) is 11.6 Å². The summed E-state index contributed by atoms with van der Waals surface area (Å²) < 4.78 is 7.37. The van der Waals surface area contributed by atoms with Crippen molar-refractivity contribution in [2.24, 2.45) is 0 Å². The summed E-state index contributed by atoms with van der Waals surface area (Å²) in [5.74, 6) is 0.838. The van der Waals surface area contributed by atoms with E-state index in [4.69, 9.17) is 4.74 Å². The van der Waals surface area contributed by atoms with Crippen LogP contribution in [0.5, 0.6) is 11.6 Å². The number of hydrogen-bond acceptors (Lipinski definition) is 5. The van der Waals surface area contributed by atoms with Crippen LogP contribution < -0.4 is 15.4 Å². The molecule has 8 heteroatoms. The Labute approximate surface area is 167 Å².